The van der Waals surface area contributed by atoms with E-state index in [1.165, 1.54) is 11.4 Å². The van der Waals surface area contributed by atoms with Crippen molar-refractivity contribution in [2.24, 2.45) is 5.92 Å². The zero-order valence-corrected chi connectivity index (χ0v) is 18.4. The topological polar surface area (TPSA) is 84.9 Å². The first-order chi connectivity index (χ1) is 14.3. The standard InChI is InChI=1S/C22H28N2O5S/c1-16-7-4-5-8-18(16)15-30(26,27)24-12-6-9-17(14-24)22(25)23-20-11-10-19(28-2)13-21(20)29-3/h4-5,7-8,10-11,13,17H,6,9,12,14-15H2,1-3H3,(H,23,25)/t17-/m1/s1. The summed E-state index contributed by atoms with van der Waals surface area (Å²) in [6, 6.07) is 12.6. The number of sulfonamides is 1. The minimum atomic E-state index is -3.51. The molecule has 1 saturated heterocycles. The SMILES string of the molecule is COc1ccc(NC(=O)[C@@H]2CCCN(S(=O)(=O)Cc3ccccc3C)C2)c(OC)c1. The molecular formula is C22H28N2O5S. The van der Waals surface area contributed by atoms with Crippen molar-refractivity contribution < 1.29 is 22.7 Å². The fraction of sp³-hybridized carbons (Fsp3) is 0.409. The summed E-state index contributed by atoms with van der Waals surface area (Å²) >= 11 is 0. The second-order valence-electron chi connectivity index (χ2n) is 7.44. The molecule has 0 aliphatic carbocycles. The first-order valence-corrected chi connectivity index (χ1v) is 11.5. The number of hydrogen-bond acceptors (Lipinski definition) is 5. The van der Waals surface area contributed by atoms with Gasteiger partial charge in [0, 0.05) is 19.2 Å². The molecule has 0 saturated carbocycles. The van der Waals surface area contributed by atoms with Crippen molar-refractivity contribution in [2.75, 3.05) is 32.6 Å². The third kappa shape index (κ3) is 5.12. The number of hydrogen-bond donors (Lipinski definition) is 1. The van der Waals surface area contributed by atoms with Gasteiger partial charge in [0.25, 0.3) is 0 Å². The van der Waals surface area contributed by atoms with E-state index in [1.54, 1.807) is 25.3 Å². The number of ether oxygens (including phenoxy) is 2. The number of benzene rings is 2. The first kappa shape index (κ1) is 22.1. The van der Waals surface area contributed by atoms with Crippen LogP contribution in [0.4, 0.5) is 5.69 Å². The summed E-state index contributed by atoms with van der Waals surface area (Å²) in [6.07, 6.45) is 1.28. The molecule has 2 aromatic rings. The van der Waals surface area contributed by atoms with Crippen molar-refractivity contribution in [1.82, 2.24) is 4.31 Å². The average Bonchev–Trinajstić information content (AvgIpc) is 2.75. The van der Waals surface area contributed by atoms with Gasteiger partial charge in [-0.15, -0.1) is 0 Å². The molecule has 1 N–H and O–H groups in total. The Kier molecular flexibility index (Phi) is 6.99. The van der Waals surface area contributed by atoms with Gasteiger partial charge in [0.1, 0.15) is 11.5 Å². The monoisotopic (exact) mass is 432 g/mol. The Morgan fingerprint density at radius 1 is 1.17 bits per heavy atom. The van der Waals surface area contributed by atoms with Gasteiger partial charge < -0.3 is 14.8 Å². The van der Waals surface area contributed by atoms with Crippen molar-refractivity contribution in [3.05, 3.63) is 53.6 Å². The number of amides is 1. The van der Waals surface area contributed by atoms with E-state index >= 15 is 0 Å². The van der Waals surface area contributed by atoms with Gasteiger partial charge in [0.05, 0.1) is 31.6 Å². The Morgan fingerprint density at radius 2 is 1.93 bits per heavy atom. The van der Waals surface area contributed by atoms with E-state index in [0.717, 1.165) is 11.1 Å². The van der Waals surface area contributed by atoms with Crippen LogP contribution in [-0.4, -0.2) is 45.9 Å². The maximum Gasteiger partial charge on any atom is 0.228 e. The van der Waals surface area contributed by atoms with Crippen molar-refractivity contribution in [3.8, 4) is 11.5 Å². The largest absolute Gasteiger partial charge is 0.497 e. The summed E-state index contributed by atoms with van der Waals surface area (Å²) in [6.45, 7) is 2.52. The predicted octanol–water partition coefficient (Wildman–Crippen LogP) is 3.19. The molecule has 1 heterocycles. The van der Waals surface area contributed by atoms with Crippen LogP contribution in [0.3, 0.4) is 0 Å². The van der Waals surface area contributed by atoms with E-state index in [1.807, 2.05) is 31.2 Å². The summed E-state index contributed by atoms with van der Waals surface area (Å²) in [5.74, 6) is 0.422. The second-order valence-corrected chi connectivity index (χ2v) is 9.40. The predicted molar refractivity (Wildman–Crippen MR) is 116 cm³/mol. The molecule has 1 fully saturated rings. The third-order valence-electron chi connectivity index (χ3n) is 5.41. The van der Waals surface area contributed by atoms with Gasteiger partial charge >= 0.3 is 0 Å². The lowest BCUT2D eigenvalue weighted by Crippen LogP contribution is -2.44. The highest BCUT2D eigenvalue weighted by Crippen LogP contribution is 2.30. The first-order valence-electron chi connectivity index (χ1n) is 9.89. The van der Waals surface area contributed by atoms with Crippen molar-refractivity contribution in [1.29, 1.82) is 0 Å². The average molecular weight is 433 g/mol. The van der Waals surface area contributed by atoms with Crippen molar-refractivity contribution in [2.45, 2.75) is 25.5 Å². The van der Waals surface area contributed by atoms with E-state index in [-0.39, 0.29) is 18.2 Å². The molecule has 0 aromatic heterocycles. The third-order valence-corrected chi connectivity index (χ3v) is 7.21. The van der Waals surface area contributed by atoms with Gasteiger partial charge in [-0.2, -0.15) is 0 Å². The Morgan fingerprint density at radius 3 is 2.63 bits per heavy atom. The fourth-order valence-electron chi connectivity index (χ4n) is 3.61. The number of nitrogens with zero attached hydrogens (tertiary/aromatic N) is 1. The van der Waals surface area contributed by atoms with Crippen LogP contribution in [0.1, 0.15) is 24.0 Å². The van der Waals surface area contributed by atoms with Gasteiger partial charge in [-0.3, -0.25) is 4.79 Å². The lowest BCUT2D eigenvalue weighted by atomic mass is 9.98. The Balaban J connectivity index is 1.70. The molecule has 0 bridgehead atoms. The van der Waals surface area contributed by atoms with Crippen molar-refractivity contribution in [3.63, 3.8) is 0 Å². The minimum absolute atomic E-state index is 0.0552. The molecule has 1 aliphatic heterocycles. The van der Waals surface area contributed by atoms with Crippen LogP contribution in [0.15, 0.2) is 42.5 Å². The Hall–Kier alpha value is -2.58. The van der Waals surface area contributed by atoms with E-state index in [0.29, 0.717) is 36.6 Å². The summed E-state index contributed by atoms with van der Waals surface area (Å²) in [4.78, 5) is 12.9. The molecule has 162 valence electrons. The van der Waals surface area contributed by atoms with E-state index in [2.05, 4.69) is 5.32 Å². The van der Waals surface area contributed by atoms with Gasteiger partial charge in [0.2, 0.25) is 15.9 Å². The molecule has 0 unspecified atom stereocenters. The van der Waals surface area contributed by atoms with Crippen LogP contribution >= 0.6 is 0 Å². The maximum absolute atomic E-state index is 13.0. The van der Waals surface area contributed by atoms with E-state index in [9.17, 15) is 13.2 Å². The van der Waals surface area contributed by atoms with Crippen LogP contribution in [-0.2, 0) is 20.6 Å². The van der Waals surface area contributed by atoms with Crippen LogP contribution < -0.4 is 14.8 Å². The lowest BCUT2D eigenvalue weighted by Gasteiger charge is -2.31. The molecule has 30 heavy (non-hydrogen) atoms. The maximum atomic E-state index is 13.0. The normalized spacial score (nSPS) is 17.4. The summed E-state index contributed by atoms with van der Waals surface area (Å²) < 4.78 is 37.9. The van der Waals surface area contributed by atoms with Gasteiger partial charge in [-0.05, 0) is 43.0 Å². The molecule has 2 aromatic carbocycles. The number of piperidine rings is 1. The summed E-state index contributed by atoms with van der Waals surface area (Å²) in [5.41, 5.74) is 2.26. The number of rotatable bonds is 7. The molecule has 0 spiro atoms. The van der Waals surface area contributed by atoms with Gasteiger partial charge in [-0.25, -0.2) is 12.7 Å². The molecule has 1 amide bonds. The van der Waals surface area contributed by atoms with E-state index < -0.39 is 15.9 Å². The number of anilines is 1. The van der Waals surface area contributed by atoms with Crippen LogP contribution in [0.25, 0.3) is 0 Å². The number of carbonyl (C=O) groups excluding carboxylic acids is 1. The molecule has 1 aliphatic rings. The molecule has 0 radical (unpaired) electrons. The minimum Gasteiger partial charge on any atom is -0.497 e. The Bertz CT molecular complexity index is 1010. The number of methoxy groups -OCH3 is 2. The second kappa shape index (κ2) is 9.49. The summed E-state index contributed by atoms with van der Waals surface area (Å²) in [5, 5.41) is 2.87. The van der Waals surface area contributed by atoms with Crippen molar-refractivity contribution >= 4 is 21.6 Å². The molecule has 8 heteroatoms. The lowest BCUT2D eigenvalue weighted by molar-refractivity contribution is -0.120. The van der Waals surface area contributed by atoms with Crippen LogP contribution in [0.5, 0.6) is 11.5 Å². The smallest absolute Gasteiger partial charge is 0.228 e. The highest BCUT2D eigenvalue weighted by atomic mass is 32.2. The van der Waals surface area contributed by atoms with Crippen LogP contribution in [0, 0.1) is 12.8 Å². The van der Waals surface area contributed by atoms with E-state index in [4.69, 9.17) is 9.47 Å². The molecular weight excluding hydrogens is 404 g/mol. The highest BCUT2D eigenvalue weighted by Gasteiger charge is 2.33. The zero-order valence-electron chi connectivity index (χ0n) is 17.6. The molecule has 7 nitrogen and oxygen atoms in total. The molecule has 3 rings (SSSR count). The van der Waals surface area contributed by atoms with Gasteiger partial charge in [0.15, 0.2) is 0 Å². The molecule has 1 atom stereocenters. The quantitative estimate of drug-likeness (QED) is 0.726. The number of nitrogens with one attached hydrogen (secondary N) is 1. The summed E-state index contributed by atoms with van der Waals surface area (Å²) in [7, 11) is -0.433. The number of aryl methyl sites for hydroxylation is 1. The van der Waals surface area contributed by atoms with Crippen LogP contribution in [0.2, 0.25) is 0 Å². The number of carbonyl (C=O) groups is 1. The van der Waals surface area contributed by atoms with Gasteiger partial charge in [-0.1, -0.05) is 24.3 Å². The fourth-order valence-corrected chi connectivity index (χ4v) is 5.32. The highest BCUT2D eigenvalue weighted by molar-refractivity contribution is 7.88. The zero-order chi connectivity index (χ0) is 21.7. The Labute approximate surface area is 178 Å².